The van der Waals surface area contributed by atoms with Crippen LogP contribution in [0, 0.1) is 11.8 Å². The second-order valence-electron chi connectivity index (χ2n) is 6.51. The second kappa shape index (κ2) is 5.49. The smallest absolute Gasteiger partial charge is 0.0443 e. The molecule has 104 valence electrons. The Kier molecular flexibility index (Phi) is 3.74. The summed E-state index contributed by atoms with van der Waals surface area (Å²) in [5.74, 6) is 1.59. The van der Waals surface area contributed by atoms with Gasteiger partial charge in [-0.2, -0.15) is 0 Å². The van der Waals surface area contributed by atoms with Gasteiger partial charge < -0.3 is 10.2 Å². The zero-order chi connectivity index (χ0) is 13.2. The lowest BCUT2D eigenvalue weighted by Gasteiger charge is -2.37. The number of aromatic nitrogens is 1. The maximum absolute atomic E-state index is 4.31. The fourth-order valence-corrected chi connectivity index (χ4v) is 3.27. The van der Waals surface area contributed by atoms with Gasteiger partial charge in [0.2, 0.25) is 0 Å². The van der Waals surface area contributed by atoms with Crippen molar-refractivity contribution >= 4 is 5.69 Å². The van der Waals surface area contributed by atoms with E-state index in [1.54, 1.807) is 0 Å². The van der Waals surface area contributed by atoms with Crippen molar-refractivity contribution in [3.05, 3.63) is 24.0 Å². The Morgan fingerprint density at radius 3 is 2.68 bits per heavy atom. The molecule has 1 N–H and O–H groups in total. The number of anilines is 1. The normalized spacial score (nSPS) is 27.6. The van der Waals surface area contributed by atoms with Crippen molar-refractivity contribution in [1.29, 1.82) is 0 Å². The molecule has 1 aromatic rings. The quantitative estimate of drug-likeness (QED) is 0.901. The van der Waals surface area contributed by atoms with Crippen LogP contribution in [0.5, 0.6) is 0 Å². The molecule has 0 amide bonds. The Hall–Kier alpha value is -1.09. The predicted octanol–water partition coefficient (Wildman–Crippen LogP) is 2.82. The molecule has 0 radical (unpaired) electrons. The summed E-state index contributed by atoms with van der Waals surface area (Å²) >= 11 is 0. The number of rotatable bonds is 4. The van der Waals surface area contributed by atoms with Crippen LogP contribution >= 0.6 is 0 Å². The first-order chi connectivity index (χ1) is 9.22. The average Bonchev–Trinajstić information content (AvgIpc) is 3.19. The fraction of sp³-hybridized carbons (Fsp3) is 0.688. The van der Waals surface area contributed by atoms with Crippen LogP contribution in [0.3, 0.4) is 0 Å². The molecule has 1 saturated carbocycles. The molecule has 1 aromatic heterocycles. The van der Waals surface area contributed by atoms with E-state index in [1.807, 2.05) is 12.4 Å². The Labute approximate surface area is 116 Å². The third kappa shape index (κ3) is 3.27. The monoisotopic (exact) mass is 259 g/mol. The highest BCUT2D eigenvalue weighted by Crippen LogP contribution is 2.29. The Morgan fingerprint density at radius 1 is 1.26 bits per heavy atom. The van der Waals surface area contributed by atoms with Crippen LogP contribution in [0.15, 0.2) is 18.5 Å². The number of nitrogens with zero attached hydrogens (tertiary/aromatic N) is 2. The van der Waals surface area contributed by atoms with E-state index in [9.17, 15) is 0 Å². The van der Waals surface area contributed by atoms with Crippen LogP contribution in [-0.4, -0.2) is 24.1 Å². The molecule has 1 saturated heterocycles. The van der Waals surface area contributed by atoms with Crippen molar-refractivity contribution in [3.63, 3.8) is 0 Å². The molecular formula is C16H25N3. The molecule has 2 heterocycles. The summed E-state index contributed by atoms with van der Waals surface area (Å²) in [4.78, 5) is 6.87. The standard InChI is InChI=1S/C16H25N3/c1-12-7-13(2)11-19(10-12)16-5-6-17-8-14(16)9-18-15-3-4-15/h5-6,8,12-13,15,18H,3-4,7,9-11H2,1-2H3. The Balaban J connectivity index is 1.74. The van der Waals surface area contributed by atoms with E-state index >= 15 is 0 Å². The van der Waals surface area contributed by atoms with E-state index in [0.717, 1.165) is 24.4 Å². The number of piperidine rings is 1. The molecule has 3 heteroatoms. The largest absolute Gasteiger partial charge is 0.371 e. The summed E-state index contributed by atoms with van der Waals surface area (Å²) in [5, 5.41) is 3.61. The highest BCUT2D eigenvalue weighted by atomic mass is 15.1. The highest BCUT2D eigenvalue weighted by molar-refractivity contribution is 5.52. The van der Waals surface area contributed by atoms with Gasteiger partial charge in [0.1, 0.15) is 0 Å². The van der Waals surface area contributed by atoms with E-state index in [1.165, 1.54) is 43.6 Å². The van der Waals surface area contributed by atoms with Gasteiger partial charge in [0.05, 0.1) is 0 Å². The van der Waals surface area contributed by atoms with Crippen LogP contribution in [0.25, 0.3) is 0 Å². The molecule has 2 unspecified atom stereocenters. The van der Waals surface area contributed by atoms with E-state index < -0.39 is 0 Å². The molecule has 0 bridgehead atoms. The number of pyridine rings is 1. The lowest BCUT2D eigenvalue weighted by Crippen LogP contribution is -2.39. The summed E-state index contributed by atoms with van der Waals surface area (Å²) in [7, 11) is 0. The Morgan fingerprint density at radius 2 is 2.00 bits per heavy atom. The molecule has 0 spiro atoms. The Bertz CT molecular complexity index is 418. The molecular weight excluding hydrogens is 234 g/mol. The third-order valence-corrected chi connectivity index (χ3v) is 4.25. The van der Waals surface area contributed by atoms with Gasteiger partial charge in [-0.25, -0.2) is 0 Å². The average molecular weight is 259 g/mol. The molecule has 2 atom stereocenters. The summed E-state index contributed by atoms with van der Waals surface area (Å²) < 4.78 is 0. The van der Waals surface area contributed by atoms with Gasteiger partial charge in [-0.15, -0.1) is 0 Å². The molecule has 1 aliphatic heterocycles. The minimum absolute atomic E-state index is 0.757. The SMILES string of the molecule is CC1CC(C)CN(c2ccncc2CNC2CC2)C1. The first kappa shape index (κ1) is 12.9. The molecule has 19 heavy (non-hydrogen) atoms. The minimum Gasteiger partial charge on any atom is -0.371 e. The van der Waals surface area contributed by atoms with Crippen molar-refractivity contribution in [1.82, 2.24) is 10.3 Å². The van der Waals surface area contributed by atoms with Crippen LogP contribution in [-0.2, 0) is 6.54 Å². The second-order valence-corrected chi connectivity index (χ2v) is 6.51. The van der Waals surface area contributed by atoms with Crippen molar-refractivity contribution < 1.29 is 0 Å². The molecule has 3 nitrogen and oxygen atoms in total. The lowest BCUT2D eigenvalue weighted by atomic mass is 9.91. The number of nitrogens with one attached hydrogen (secondary N) is 1. The van der Waals surface area contributed by atoms with Crippen molar-refractivity contribution in [2.24, 2.45) is 11.8 Å². The summed E-state index contributed by atoms with van der Waals surface area (Å²) in [6, 6.07) is 2.95. The number of hydrogen-bond donors (Lipinski definition) is 1. The van der Waals surface area contributed by atoms with Crippen molar-refractivity contribution in [2.75, 3.05) is 18.0 Å². The lowest BCUT2D eigenvalue weighted by molar-refractivity contribution is 0.356. The zero-order valence-electron chi connectivity index (χ0n) is 12.1. The third-order valence-electron chi connectivity index (χ3n) is 4.25. The van der Waals surface area contributed by atoms with Gasteiger partial charge in [0, 0.05) is 49.3 Å². The van der Waals surface area contributed by atoms with Crippen molar-refractivity contribution in [2.45, 2.75) is 45.7 Å². The van der Waals surface area contributed by atoms with E-state index in [-0.39, 0.29) is 0 Å². The zero-order valence-corrected chi connectivity index (χ0v) is 12.1. The van der Waals surface area contributed by atoms with Gasteiger partial charge in [-0.05, 0) is 37.2 Å². The number of hydrogen-bond acceptors (Lipinski definition) is 3. The van der Waals surface area contributed by atoms with E-state index in [4.69, 9.17) is 0 Å². The topological polar surface area (TPSA) is 28.2 Å². The fourth-order valence-electron chi connectivity index (χ4n) is 3.27. The summed E-state index contributed by atoms with van der Waals surface area (Å²) in [6.45, 7) is 8.07. The van der Waals surface area contributed by atoms with Crippen molar-refractivity contribution in [3.8, 4) is 0 Å². The van der Waals surface area contributed by atoms with Crippen LogP contribution in [0.4, 0.5) is 5.69 Å². The van der Waals surface area contributed by atoms with Crippen LogP contribution in [0.1, 0.15) is 38.7 Å². The minimum atomic E-state index is 0.757. The molecule has 1 aliphatic carbocycles. The molecule has 0 aromatic carbocycles. The first-order valence-electron chi connectivity index (χ1n) is 7.63. The molecule has 2 fully saturated rings. The highest BCUT2D eigenvalue weighted by Gasteiger charge is 2.24. The van der Waals surface area contributed by atoms with Gasteiger partial charge >= 0.3 is 0 Å². The maximum atomic E-state index is 4.31. The summed E-state index contributed by atoms with van der Waals surface area (Å²) in [6.07, 6.45) is 8.01. The van der Waals surface area contributed by atoms with Crippen LogP contribution in [0.2, 0.25) is 0 Å². The van der Waals surface area contributed by atoms with E-state index in [2.05, 4.69) is 35.1 Å². The maximum Gasteiger partial charge on any atom is 0.0443 e. The van der Waals surface area contributed by atoms with Gasteiger partial charge in [-0.3, -0.25) is 4.98 Å². The van der Waals surface area contributed by atoms with Gasteiger partial charge in [-0.1, -0.05) is 13.8 Å². The van der Waals surface area contributed by atoms with Gasteiger partial charge in [0.15, 0.2) is 0 Å². The molecule has 2 aliphatic rings. The van der Waals surface area contributed by atoms with Gasteiger partial charge in [0.25, 0.3) is 0 Å². The van der Waals surface area contributed by atoms with Crippen LogP contribution < -0.4 is 10.2 Å². The molecule has 3 rings (SSSR count). The van der Waals surface area contributed by atoms with E-state index in [0.29, 0.717) is 0 Å². The predicted molar refractivity (Wildman–Crippen MR) is 79.3 cm³/mol. The first-order valence-corrected chi connectivity index (χ1v) is 7.63. The summed E-state index contributed by atoms with van der Waals surface area (Å²) in [5.41, 5.74) is 2.75.